The van der Waals surface area contributed by atoms with Gasteiger partial charge in [0.15, 0.2) is 0 Å². The highest BCUT2D eigenvalue weighted by molar-refractivity contribution is 7.88. The normalized spacial score (nSPS) is 17.3. The maximum atomic E-state index is 12.9. The van der Waals surface area contributed by atoms with Gasteiger partial charge in [-0.15, -0.1) is 0 Å². The number of carbonyl (C=O) groups excluding carboxylic acids is 1. The minimum Gasteiger partial charge on any atom is -0.494 e. The van der Waals surface area contributed by atoms with Gasteiger partial charge in [0.1, 0.15) is 5.75 Å². The number of nitrogens with one attached hydrogen (secondary N) is 1. The maximum absolute atomic E-state index is 12.9. The van der Waals surface area contributed by atoms with Crippen molar-refractivity contribution >= 4 is 39.1 Å². The molecule has 0 radical (unpaired) electrons. The van der Waals surface area contributed by atoms with E-state index in [0.29, 0.717) is 48.1 Å². The molecule has 0 aromatic heterocycles. The van der Waals surface area contributed by atoms with Crippen LogP contribution in [0.2, 0.25) is 10.0 Å². The van der Waals surface area contributed by atoms with Crippen LogP contribution >= 0.6 is 23.2 Å². The SMILES string of the molecule is CCOc1ccc(CNC(=O)C2CCCN(S(=O)(=O)Cc3ccc(Cl)c(Cl)c3)C2)cc1. The predicted molar refractivity (Wildman–Crippen MR) is 123 cm³/mol. The first-order chi connectivity index (χ1) is 14.8. The summed E-state index contributed by atoms with van der Waals surface area (Å²) in [5.74, 6) is 0.0979. The number of nitrogens with zero attached hydrogens (tertiary/aromatic N) is 1. The summed E-state index contributed by atoms with van der Waals surface area (Å²) in [6, 6.07) is 12.3. The zero-order valence-corrected chi connectivity index (χ0v) is 19.6. The summed E-state index contributed by atoms with van der Waals surface area (Å²) in [5.41, 5.74) is 1.52. The summed E-state index contributed by atoms with van der Waals surface area (Å²) in [6.45, 7) is 3.50. The van der Waals surface area contributed by atoms with E-state index in [1.807, 2.05) is 31.2 Å². The lowest BCUT2D eigenvalue weighted by atomic mass is 9.99. The number of amides is 1. The molecule has 1 aliphatic heterocycles. The molecule has 1 saturated heterocycles. The van der Waals surface area contributed by atoms with E-state index in [1.54, 1.807) is 18.2 Å². The van der Waals surface area contributed by atoms with Crippen LogP contribution < -0.4 is 10.1 Å². The molecule has 1 atom stereocenters. The second-order valence-corrected chi connectivity index (χ2v) is 10.3. The number of sulfonamides is 1. The van der Waals surface area contributed by atoms with E-state index in [2.05, 4.69) is 5.32 Å². The van der Waals surface area contributed by atoms with Crippen LogP contribution in [0.3, 0.4) is 0 Å². The number of carbonyl (C=O) groups is 1. The molecule has 1 heterocycles. The van der Waals surface area contributed by atoms with Crippen molar-refractivity contribution in [2.24, 2.45) is 5.92 Å². The molecule has 0 saturated carbocycles. The fourth-order valence-corrected chi connectivity index (χ4v) is 5.46. The molecule has 1 unspecified atom stereocenters. The van der Waals surface area contributed by atoms with Gasteiger partial charge < -0.3 is 10.1 Å². The molecule has 0 spiro atoms. The van der Waals surface area contributed by atoms with E-state index in [1.165, 1.54) is 4.31 Å². The molecule has 2 aromatic carbocycles. The number of ether oxygens (including phenoxy) is 1. The van der Waals surface area contributed by atoms with Gasteiger partial charge in [-0.1, -0.05) is 41.4 Å². The quantitative estimate of drug-likeness (QED) is 0.607. The Bertz CT molecular complexity index is 1010. The van der Waals surface area contributed by atoms with Crippen LogP contribution in [0, 0.1) is 5.92 Å². The Morgan fingerprint density at radius 2 is 1.84 bits per heavy atom. The molecule has 1 aliphatic rings. The fraction of sp³-hybridized carbons (Fsp3) is 0.409. The highest BCUT2D eigenvalue weighted by Crippen LogP contribution is 2.26. The van der Waals surface area contributed by atoms with E-state index in [-0.39, 0.29) is 24.1 Å². The van der Waals surface area contributed by atoms with Crippen molar-refractivity contribution < 1.29 is 17.9 Å². The van der Waals surface area contributed by atoms with Crippen LogP contribution in [-0.4, -0.2) is 38.3 Å². The monoisotopic (exact) mass is 484 g/mol. The molecule has 0 aliphatic carbocycles. The van der Waals surface area contributed by atoms with E-state index in [9.17, 15) is 13.2 Å². The lowest BCUT2D eigenvalue weighted by Crippen LogP contribution is -2.45. The number of piperidine rings is 1. The topological polar surface area (TPSA) is 75.7 Å². The highest BCUT2D eigenvalue weighted by Gasteiger charge is 2.32. The molecule has 1 fully saturated rings. The third-order valence-electron chi connectivity index (χ3n) is 5.18. The van der Waals surface area contributed by atoms with E-state index in [0.717, 1.165) is 11.3 Å². The Balaban J connectivity index is 1.57. The minimum absolute atomic E-state index is 0.136. The smallest absolute Gasteiger partial charge is 0.224 e. The molecule has 31 heavy (non-hydrogen) atoms. The molecular weight excluding hydrogens is 459 g/mol. The molecule has 168 valence electrons. The molecular formula is C22H26Cl2N2O4S. The van der Waals surface area contributed by atoms with Crippen molar-refractivity contribution in [3.05, 3.63) is 63.6 Å². The lowest BCUT2D eigenvalue weighted by molar-refractivity contribution is -0.126. The Hall–Kier alpha value is -1.80. The first-order valence-electron chi connectivity index (χ1n) is 10.2. The second kappa shape index (κ2) is 10.7. The second-order valence-electron chi connectivity index (χ2n) is 7.50. The molecule has 1 N–H and O–H groups in total. The number of hydrogen-bond acceptors (Lipinski definition) is 4. The van der Waals surface area contributed by atoms with Gasteiger partial charge in [0, 0.05) is 19.6 Å². The summed E-state index contributed by atoms with van der Waals surface area (Å²) >= 11 is 11.9. The predicted octanol–water partition coefficient (Wildman–Crippen LogP) is 4.25. The van der Waals surface area contributed by atoms with Gasteiger partial charge in [-0.3, -0.25) is 4.79 Å². The van der Waals surface area contributed by atoms with Gasteiger partial charge >= 0.3 is 0 Å². The standard InChI is InChI=1S/C22H26Cl2N2O4S/c1-2-30-19-8-5-16(6-9-19)13-25-22(27)18-4-3-11-26(14-18)31(28,29)15-17-7-10-20(23)21(24)12-17/h5-10,12,18H,2-4,11,13-15H2,1H3,(H,25,27). The zero-order valence-electron chi connectivity index (χ0n) is 17.3. The summed E-state index contributed by atoms with van der Waals surface area (Å²) in [6.07, 6.45) is 1.30. The Morgan fingerprint density at radius 3 is 2.52 bits per heavy atom. The lowest BCUT2D eigenvalue weighted by Gasteiger charge is -2.31. The molecule has 3 rings (SSSR count). The van der Waals surface area contributed by atoms with Crippen molar-refractivity contribution in [2.75, 3.05) is 19.7 Å². The van der Waals surface area contributed by atoms with Gasteiger partial charge in [0.25, 0.3) is 0 Å². The number of halogens is 2. The fourth-order valence-electron chi connectivity index (χ4n) is 3.54. The minimum atomic E-state index is -3.57. The van der Waals surface area contributed by atoms with Crippen molar-refractivity contribution in [1.82, 2.24) is 9.62 Å². The molecule has 0 bridgehead atoms. The number of hydrogen-bond donors (Lipinski definition) is 1. The average molecular weight is 485 g/mol. The van der Waals surface area contributed by atoms with E-state index in [4.69, 9.17) is 27.9 Å². The third kappa shape index (κ3) is 6.59. The molecule has 6 nitrogen and oxygen atoms in total. The van der Waals surface area contributed by atoms with Crippen LogP contribution in [0.15, 0.2) is 42.5 Å². The largest absolute Gasteiger partial charge is 0.494 e. The van der Waals surface area contributed by atoms with Crippen LogP contribution in [0.25, 0.3) is 0 Å². The van der Waals surface area contributed by atoms with Gasteiger partial charge in [0.05, 0.1) is 28.3 Å². The Morgan fingerprint density at radius 1 is 1.13 bits per heavy atom. The maximum Gasteiger partial charge on any atom is 0.224 e. The summed E-state index contributed by atoms with van der Waals surface area (Å²) in [7, 11) is -3.57. The zero-order chi connectivity index (χ0) is 22.4. The van der Waals surface area contributed by atoms with E-state index < -0.39 is 10.0 Å². The van der Waals surface area contributed by atoms with Gasteiger partial charge in [-0.05, 0) is 55.2 Å². The van der Waals surface area contributed by atoms with E-state index >= 15 is 0 Å². The third-order valence-corrected chi connectivity index (χ3v) is 7.74. The molecule has 9 heteroatoms. The Labute approximate surface area is 193 Å². The van der Waals surface area contributed by atoms with Crippen molar-refractivity contribution in [2.45, 2.75) is 32.1 Å². The molecule has 2 aromatic rings. The first-order valence-corrected chi connectivity index (χ1v) is 12.6. The Kier molecular flexibility index (Phi) is 8.22. The van der Waals surface area contributed by atoms with Crippen molar-refractivity contribution in [3.63, 3.8) is 0 Å². The van der Waals surface area contributed by atoms with Gasteiger partial charge in [-0.25, -0.2) is 12.7 Å². The molecule has 1 amide bonds. The summed E-state index contributed by atoms with van der Waals surface area (Å²) in [5, 5.41) is 3.62. The first kappa shape index (κ1) is 23.9. The van der Waals surface area contributed by atoms with Crippen LogP contribution in [0.4, 0.5) is 0 Å². The van der Waals surface area contributed by atoms with Crippen LogP contribution in [0.5, 0.6) is 5.75 Å². The van der Waals surface area contributed by atoms with Crippen molar-refractivity contribution in [1.29, 1.82) is 0 Å². The van der Waals surface area contributed by atoms with Crippen LogP contribution in [-0.2, 0) is 27.1 Å². The van der Waals surface area contributed by atoms with Gasteiger partial charge in [0.2, 0.25) is 15.9 Å². The average Bonchev–Trinajstić information content (AvgIpc) is 2.76. The van der Waals surface area contributed by atoms with Crippen molar-refractivity contribution in [3.8, 4) is 5.75 Å². The summed E-state index contributed by atoms with van der Waals surface area (Å²) in [4.78, 5) is 12.7. The highest BCUT2D eigenvalue weighted by atomic mass is 35.5. The van der Waals surface area contributed by atoms with Crippen LogP contribution in [0.1, 0.15) is 30.9 Å². The number of benzene rings is 2. The summed E-state index contributed by atoms with van der Waals surface area (Å²) < 4.78 is 32.6. The number of rotatable bonds is 8. The van der Waals surface area contributed by atoms with Gasteiger partial charge in [-0.2, -0.15) is 0 Å².